The number of nitrogens with zero attached hydrogens (tertiary/aromatic N) is 1. The largest absolute Gasteiger partial charge is 0.484 e. The molecule has 1 fully saturated rings. The van der Waals surface area contributed by atoms with Gasteiger partial charge in [0, 0.05) is 19.6 Å². The molecule has 0 radical (unpaired) electrons. The summed E-state index contributed by atoms with van der Waals surface area (Å²) in [6, 6.07) is 12.6. The number of benzene rings is 2. The molecule has 150 valence electrons. The van der Waals surface area contributed by atoms with E-state index in [1.165, 1.54) is 6.07 Å². The van der Waals surface area contributed by atoms with Gasteiger partial charge in [-0.15, -0.1) is 0 Å². The topological polar surface area (TPSA) is 50.8 Å². The number of anilines is 1. The van der Waals surface area contributed by atoms with Crippen LogP contribution in [0, 0.1) is 12.7 Å². The van der Waals surface area contributed by atoms with Crippen LogP contribution < -0.4 is 15.0 Å². The Bertz CT molecular complexity index is 817. The lowest BCUT2D eigenvalue weighted by molar-refractivity contribution is -0.123. The summed E-state index contributed by atoms with van der Waals surface area (Å²) in [7, 11) is 0. The number of amides is 1. The number of halogens is 1. The molecule has 0 saturated carbocycles. The normalized spacial score (nSPS) is 19.4. The van der Waals surface area contributed by atoms with Crippen LogP contribution in [0.1, 0.15) is 25.0 Å². The average molecular weight is 386 g/mol. The highest BCUT2D eigenvalue weighted by atomic mass is 19.1. The molecule has 2 atom stereocenters. The predicted octanol–water partition coefficient (Wildman–Crippen LogP) is 3.44. The number of hydrogen-bond acceptors (Lipinski definition) is 4. The monoisotopic (exact) mass is 386 g/mol. The molecule has 1 N–H and O–H groups in total. The molecule has 2 aromatic rings. The fourth-order valence-electron chi connectivity index (χ4n) is 3.40. The van der Waals surface area contributed by atoms with Gasteiger partial charge in [-0.3, -0.25) is 4.79 Å². The van der Waals surface area contributed by atoms with Crippen molar-refractivity contribution < 1.29 is 18.7 Å². The molecule has 1 aliphatic rings. The van der Waals surface area contributed by atoms with Gasteiger partial charge in [0.2, 0.25) is 0 Å². The number of ether oxygens (including phenoxy) is 2. The SMILES string of the molecule is Cc1ccccc1OCC(=O)NCc1ccc(N2CC(C)OC(C)C2)c(F)c1. The van der Waals surface area contributed by atoms with E-state index in [0.717, 1.165) is 5.56 Å². The van der Waals surface area contributed by atoms with Gasteiger partial charge in [-0.05, 0) is 50.1 Å². The van der Waals surface area contributed by atoms with E-state index in [2.05, 4.69) is 5.32 Å². The second-order valence-corrected chi connectivity index (χ2v) is 7.28. The zero-order valence-electron chi connectivity index (χ0n) is 16.6. The smallest absolute Gasteiger partial charge is 0.258 e. The minimum atomic E-state index is -0.288. The van der Waals surface area contributed by atoms with Crippen LogP contribution in [0.5, 0.6) is 5.75 Å². The van der Waals surface area contributed by atoms with Crippen molar-refractivity contribution in [2.24, 2.45) is 0 Å². The first kappa shape index (κ1) is 20.1. The van der Waals surface area contributed by atoms with Crippen molar-refractivity contribution in [3.8, 4) is 5.75 Å². The molecule has 3 rings (SSSR count). The Morgan fingerprint density at radius 3 is 2.61 bits per heavy atom. The number of rotatable bonds is 6. The number of carbonyl (C=O) groups excluding carboxylic acids is 1. The highest BCUT2D eigenvalue weighted by molar-refractivity contribution is 5.77. The Morgan fingerprint density at radius 1 is 1.21 bits per heavy atom. The number of aryl methyl sites for hydroxylation is 1. The van der Waals surface area contributed by atoms with E-state index in [1.54, 1.807) is 6.07 Å². The molecular weight excluding hydrogens is 359 g/mol. The van der Waals surface area contributed by atoms with Crippen LogP contribution in [0.3, 0.4) is 0 Å². The summed E-state index contributed by atoms with van der Waals surface area (Å²) < 4.78 is 25.8. The average Bonchev–Trinajstić information content (AvgIpc) is 2.65. The van der Waals surface area contributed by atoms with Crippen molar-refractivity contribution >= 4 is 11.6 Å². The number of nitrogens with one attached hydrogen (secondary N) is 1. The first-order valence-corrected chi connectivity index (χ1v) is 9.56. The van der Waals surface area contributed by atoms with Crippen molar-refractivity contribution in [2.45, 2.75) is 39.5 Å². The van der Waals surface area contributed by atoms with Crippen LogP contribution in [-0.2, 0) is 16.1 Å². The molecular formula is C22H27FN2O3. The van der Waals surface area contributed by atoms with E-state index in [1.807, 2.05) is 56.0 Å². The fraction of sp³-hybridized carbons (Fsp3) is 0.409. The van der Waals surface area contributed by atoms with Crippen LogP contribution in [0.2, 0.25) is 0 Å². The highest BCUT2D eigenvalue weighted by Gasteiger charge is 2.24. The third kappa shape index (κ3) is 5.23. The number of hydrogen-bond donors (Lipinski definition) is 1. The van der Waals surface area contributed by atoms with E-state index in [-0.39, 0.29) is 37.1 Å². The fourth-order valence-corrected chi connectivity index (χ4v) is 3.40. The second-order valence-electron chi connectivity index (χ2n) is 7.28. The summed E-state index contributed by atoms with van der Waals surface area (Å²) >= 11 is 0. The highest BCUT2D eigenvalue weighted by Crippen LogP contribution is 2.24. The van der Waals surface area contributed by atoms with Crippen molar-refractivity contribution in [3.63, 3.8) is 0 Å². The Balaban J connectivity index is 1.53. The second kappa shape index (κ2) is 9.06. The van der Waals surface area contributed by atoms with Gasteiger partial charge in [0.1, 0.15) is 11.6 Å². The van der Waals surface area contributed by atoms with Crippen molar-refractivity contribution in [2.75, 3.05) is 24.6 Å². The summed E-state index contributed by atoms with van der Waals surface area (Å²) in [4.78, 5) is 14.0. The molecule has 2 unspecified atom stereocenters. The third-order valence-corrected chi connectivity index (χ3v) is 4.71. The summed E-state index contributed by atoms with van der Waals surface area (Å²) in [6.07, 6.45) is 0.130. The molecule has 1 amide bonds. The first-order chi connectivity index (χ1) is 13.4. The molecule has 0 spiro atoms. The van der Waals surface area contributed by atoms with E-state index in [4.69, 9.17) is 9.47 Å². The Hall–Kier alpha value is -2.60. The Morgan fingerprint density at radius 2 is 1.93 bits per heavy atom. The van der Waals surface area contributed by atoms with Crippen LogP contribution in [-0.4, -0.2) is 37.8 Å². The molecule has 1 heterocycles. The minimum absolute atomic E-state index is 0.0652. The molecule has 1 aliphatic heterocycles. The molecule has 2 aromatic carbocycles. The van der Waals surface area contributed by atoms with Gasteiger partial charge in [0.05, 0.1) is 17.9 Å². The van der Waals surface area contributed by atoms with Crippen molar-refractivity contribution in [1.29, 1.82) is 0 Å². The standard InChI is InChI=1S/C22H27FN2O3/c1-15-6-4-5-7-21(15)27-14-22(26)24-11-18-8-9-20(19(23)10-18)25-12-16(2)28-17(3)13-25/h4-10,16-17H,11-14H2,1-3H3,(H,24,26). The Labute approximate surface area is 165 Å². The van der Waals surface area contributed by atoms with Crippen LogP contribution in [0.25, 0.3) is 0 Å². The van der Waals surface area contributed by atoms with Crippen LogP contribution in [0.15, 0.2) is 42.5 Å². The van der Waals surface area contributed by atoms with Gasteiger partial charge in [-0.1, -0.05) is 24.3 Å². The molecule has 0 aliphatic carbocycles. The van der Waals surface area contributed by atoms with Gasteiger partial charge in [-0.25, -0.2) is 4.39 Å². The van der Waals surface area contributed by atoms with Gasteiger partial charge < -0.3 is 19.7 Å². The molecule has 1 saturated heterocycles. The van der Waals surface area contributed by atoms with Gasteiger partial charge in [0.15, 0.2) is 6.61 Å². The van der Waals surface area contributed by atoms with Gasteiger partial charge >= 0.3 is 0 Å². The zero-order valence-corrected chi connectivity index (χ0v) is 16.6. The maximum absolute atomic E-state index is 14.6. The quantitative estimate of drug-likeness (QED) is 0.826. The van der Waals surface area contributed by atoms with Crippen molar-refractivity contribution in [1.82, 2.24) is 5.32 Å². The predicted molar refractivity (Wildman–Crippen MR) is 107 cm³/mol. The lowest BCUT2D eigenvalue weighted by Crippen LogP contribution is -2.45. The summed E-state index contributed by atoms with van der Waals surface area (Å²) in [5.74, 6) is 0.148. The number of para-hydroxylation sites is 1. The lowest BCUT2D eigenvalue weighted by Gasteiger charge is -2.37. The maximum Gasteiger partial charge on any atom is 0.258 e. The van der Waals surface area contributed by atoms with E-state index >= 15 is 0 Å². The molecule has 6 heteroatoms. The van der Waals surface area contributed by atoms with E-state index in [9.17, 15) is 9.18 Å². The van der Waals surface area contributed by atoms with Gasteiger partial charge in [0.25, 0.3) is 5.91 Å². The minimum Gasteiger partial charge on any atom is -0.484 e. The molecule has 28 heavy (non-hydrogen) atoms. The maximum atomic E-state index is 14.6. The summed E-state index contributed by atoms with van der Waals surface area (Å²) in [6.45, 7) is 7.40. The molecule has 0 aromatic heterocycles. The number of carbonyl (C=O) groups is 1. The third-order valence-electron chi connectivity index (χ3n) is 4.71. The van der Waals surface area contributed by atoms with E-state index in [0.29, 0.717) is 30.1 Å². The Kier molecular flexibility index (Phi) is 6.52. The van der Waals surface area contributed by atoms with Crippen LogP contribution in [0.4, 0.5) is 10.1 Å². The summed E-state index contributed by atoms with van der Waals surface area (Å²) in [5, 5.41) is 2.76. The zero-order chi connectivity index (χ0) is 20.1. The van der Waals surface area contributed by atoms with Crippen LogP contribution >= 0.6 is 0 Å². The first-order valence-electron chi connectivity index (χ1n) is 9.56. The van der Waals surface area contributed by atoms with Crippen molar-refractivity contribution in [3.05, 3.63) is 59.4 Å². The number of morpholine rings is 1. The molecule has 0 bridgehead atoms. The summed E-state index contributed by atoms with van der Waals surface area (Å²) in [5.41, 5.74) is 2.25. The lowest BCUT2D eigenvalue weighted by atomic mass is 10.1. The van der Waals surface area contributed by atoms with E-state index < -0.39 is 0 Å². The van der Waals surface area contributed by atoms with Gasteiger partial charge in [-0.2, -0.15) is 0 Å². The molecule has 5 nitrogen and oxygen atoms in total.